The van der Waals surface area contributed by atoms with Crippen LogP contribution in [0.1, 0.15) is 55.4 Å². The molecule has 0 saturated heterocycles. The molecule has 125 heavy (non-hydrogen) atoms. The van der Waals surface area contributed by atoms with Gasteiger partial charge in [-0.15, -0.1) is 0 Å². The summed E-state index contributed by atoms with van der Waals surface area (Å²) >= 11 is 0. The molecule has 3 aromatic heterocycles. The zero-order valence-corrected chi connectivity index (χ0v) is 64.7. The Hall–Kier alpha value is -16.4. The van der Waals surface area contributed by atoms with Crippen LogP contribution in [-0.4, -0.2) is 31.9 Å². The van der Waals surface area contributed by atoms with Crippen molar-refractivity contribution in [3.05, 3.63) is 227 Å². The molecule has 548 valence electrons. The summed E-state index contributed by atoms with van der Waals surface area (Å²) in [4.78, 5) is 51.0. The van der Waals surface area contributed by atoms with E-state index in [4.69, 9.17) is 19.4 Å². The third kappa shape index (κ3) is 4.39. The maximum absolute atomic E-state index is 17.5. The summed E-state index contributed by atoms with van der Waals surface area (Å²) in [6, 6.07) is 59.5. The second-order valence-electron chi connectivity index (χ2n) is 39.5. The van der Waals surface area contributed by atoms with Crippen LogP contribution in [-0.2, 0) is 15.6 Å². The summed E-state index contributed by atoms with van der Waals surface area (Å²) in [6.45, 7) is 0. The number of ether oxygens (including phenoxy) is 2. The standard InChI is InChI=1S/C117H36N4O4/c122-114(38-18-16-37(17-19-38)54-49-30-28-47(120-49)52(35-12-6-2-7-13-35)45-26-24-43(118-45)51(34-10-4-1-5-11-34)44-25-27-46(119-44)53(36-14-8-3-9-15-36)48-29-31-50(54)121-48)124-41-22-20-40-33-42(23-21-39(40)32-41)125-115(123)113-116-109-101-93-83-73-65-57-55-56-59-63-61(57)69-77-71(63)81-75-67(59)68-60(56)64-62-58(55)66(65)74-80-70(62)78-72(64)82-76(68)86-85(75)95-89(81)99-91(77)97(87(93)79(69)73)105(109)107(99)111-103(95)104-96(86)90(82)100-92(78)98-88(80)94(84(74)83)102(101)110(116)106(98)108(100)112(104)117(111,113)116/h1-33,113,118,121H. The molecule has 8 bridgehead atoms. The molecule has 0 unspecified atom stereocenters. The monoisotopic (exact) mass is 1560 g/mol. The van der Waals surface area contributed by atoms with Crippen molar-refractivity contribution in [3.8, 4) is 56.0 Å². The van der Waals surface area contributed by atoms with Crippen LogP contribution in [0.15, 0.2) is 176 Å². The van der Waals surface area contributed by atoms with Crippen molar-refractivity contribution in [2.75, 3.05) is 0 Å². The minimum absolute atomic E-state index is 0.131. The quantitative estimate of drug-likeness (QED) is 0.0891. The van der Waals surface area contributed by atoms with Crippen molar-refractivity contribution in [2.45, 2.75) is 10.8 Å². The number of rotatable bonds is 8. The average Bonchev–Trinajstić information content (AvgIpc) is 1.36. The molecule has 5 aliphatic carbocycles. The fourth-order valence-electron chi connectivity index (χ4n) is 33.4. The van der Waals surface area contributed by atoms with Crippen molar-refractivity contribution in [1.29, 1.82) is 0 Å². The Kier molecular flexibility index (Phi) is 6.88. The number of hydrogen-bond donors (Lipinski definition) is 2. The maximum atomic E-state index is 17.5. The van der Waals surface area contributed by atoms with Gasteiger partial charge in [0.25, 0.3) is 0 Å². The van der Waals surface area contributed by atoms with Gasteiger partial charge in [-0.25, -0.2) is 14.8 Å². The molecule has 2 spiro atoms. The van der Waals surface area contributed by atoms with Crippen LogP contribution in [0.3, 0.4) is 0 Å². The van der Waals surface area contributed by atoms with E-state index in [1.54, 1.807) is 151 Å². The van der Waals surface area contributed by atoms with Gasteiger partial charge in [0.05, 0.1) is 45.1 Å². The van der Waals surface area contributed by atoms with Crippen molar-refractivity contribution >= 4 is 360 Å². The molecule has 1 fully saturated rings. The molecule has 44 rings (SSSR count). The lowest BCUT2D eigenvalue weighted by Crippen LogP contribution is -2.27. The smallest absolute Gasteiger partial charge is 0.343 e. The minimum atomic E-state index is -0.707. The van der Waals surface area contributed by atoms with E-state index in [1.807, 2.05) is 78.9 Å². The Labute approximate surface area is 693 Å². The molecular weight excluding hydrogens is 1530 g/mol. The van der Waals surface area contributed by atoms with E-state index in [-0.39, 0.29) is 5.97 Å². The highest BCUT2D eigenvalue weighted by Gasteiger charge is 2.89. The van der Waals surface area contributed by atoms with Gasteiger partial charge in [-0.1, -0.05) is 115 Å². The van der Waals surface area contributed by atoms with E-state index in [0.29, 0.717) is 17.1 Å². The second-order valence-corrected chi connectivity index (χ2v) is 39.5. The topological polar surface area (TPSA) is 110 Å². The third-order valence-electron chi connectivity index (χ3n) is 36.0. The van der Waals surface area contributed by atoms with E-state index in [9.17, 15) is 4.79 Å². The lowest BCUT2D eigenvalue weighted by atomic mass is 9.68. The first-order valence-electron chi connectivity index (χ1n) is 44.2. The summed E-state index contributed by atoms with van der Waals surface area (Å²) in [6.07, 6.45) is 8.46. The summed E-state index contributed by atoms with van der Waals surface area (Å²) in [5.74, 6) is -0.197. The molecule has 0 radical (unpaired) electrons. The van der Waals surface area contributed by atoms with E-state index in [1.165, 1.54) is 162 Å². The highest BCUT2D eigenvalue weighted by Crippen LogP contribution is 2.93. The number of carbonyl (C=O) groups is 2. The summed E-state index contributed by atoms with van der Waals surface area (Å²) in [5, 5.41) is 84.7. The number of benzene rings is 24. The summed E-state index contributed by atoms with van der Waals surface area (Å²) in [5.41, 5.74) is 19.5. The van der Waals surface area contributed by atoms with E-state index < -0.39 is 22.7 Å². The largest absolute Gasteiger partial charge is 0.426 e. The Morgan fingerprint density at radius 1 is 0.240 bits per heavy atom. The minimum Gasteiger partial charge on any atom is -0.426 e. The first-order valence-corrected chi connectivity index (χ1v) is 44.2. The number of fused-ring (bicyclic) bond motifs is 9. The number of aromatic amines is 2. The van der Waals surface area contributed by atoms with Crippen molar-refractivity contribution in [3.63, 3.8) is 0 Å². The van der Waals surface area contributed by atoms with Crippen LogP contribution in [0.5, 0.6) is 11.5 Å². The first kappa shape index (κ1) is 55.4. The summed E-state index contributed by atoms with van der Waals surface area (Å²) in [7, 11) is 0. The normalized spacial score (nSPS) is 18.4. The van der Waals surface area contributed by atoms with Crippen LogP contribution >= 0.6 is 0 Å². The van der Waals surface area contributed by atoms with E-state index in [0.717, 1.165) is 100 Å². The van der Waals surface area contributed by atoms with Gasteiger partial charge in [0.15, 0.2) is 0 Å². The molecular formula is C117H36N4O4. The third-order valence-corrected chi connectivity index (χ3v) is 36.0. The van der Waals surface area contributed by atoms with Crippen molar-refractivity contribution < 1.29 is 19.1 Å². The van der Waals surface area contributed by atoms with Gasteiger partial charge >= 0.3 is 11.9 Å². The molecule has 2 N–H and O–H groups in total. The zero-order chi connectivity index (χ0) is 77.9. The molecule has 0 atom stereocenters. The number of esters is 2. The molecule has 37 aromatic rings. The fourth-order valence-corrected chi connectivity index (χ4v) is 33.4. The van der Waals surface area contributed by atoms with Gasteiger partial charge in [0, 0.05) is 44.3 Å². The zero-order valence-electron chi connectivity index (χ0n) is 64.7. The maximum Gasteiger partial charge on any atom is 0.343 e. The molecule has 8 heteroatoms. The fraction of sp³-hybridized carbons (Fsp3) is 0.0256. The summed E-state index contributed by atoms with van der Waals surface area (Å²) < 4.78 is 13.8. The van der Waals surface area contributed by atoms with E-state index in [2.05, 4.69) is 131 Å². The average molecular weight is 1560 g/mol. The number of H-pyrrole nitrogens is 2. The van der Waals surface area contributed by atoms with E-state index >= 15 is 4.79 Å². The van der Waals surface area contributed by atoms with Gasteiger partial charge in [0.2, 0.25) is 0 Å². The van der Waals surface area contributed by atoms with Crippen LogP contribution in [0.4, 0.5) is 0 Å². The van der Waals surface area contributed by atoms with Gasteiger partial charge in [-0.3, -0.25) is 4.79 Å². The number of aromatic nitrogens is 4. The highest BCUT2D eigenvalue weighted by molar-refractivity contribution is 6.82. The lowest BCUT2D eigenvalue weighted by molar-refractivity contribution is -0.136. The highest BCUT2D eigenvalue weighted by atomic mass is 16.5. The predicted octanol–water partition coefficient (Wildman–Crippen LogP) is 29.5. The second kappa shape index (κ2) is 15.5. The molecule has 7 aliphatic rings. The number of nitrogens with one attached hydrogen (secondary N) is 2. The Morgan fingerprint density at radius 2 is 0.464 bits per heavy atom. The molecule has 0 amide bonds. The molecule has 8 nitrogen and oxygen atoms in total. The van der Waals surface area contributed by atoms with Crippen LogP contribution in [0, 0.1) is 5.92 Å². The first-order chi connectivity index (χ1) is 62.0. The van der Waals surface area contributed by atoms with Gasteiger partial charge < -0.3 is 19.4 Å². The van der Waals surface area contributed by atoms with Gasteiger partial charge in [0.1, 0.15) is 11.5 Å². The number of nitrogens with zero attached hydrogens (tertiary/aromatic N) is 2. The molecule has 2 aliphatic heterocycles. The Balaban J connectivity index is 0.477. The van der Waals surface area contributed by atoms with Crippen molar-refractivity contribution in [1.82, 2.24) is 19.9 Å². The molecule has 1 saturated carbocycles. The number of hydrogen-bond acceptors (Lipinski definition) is 6. The SMILES string of the molecule is O=C(Oc1ccc2cc(OC(=O)C3C45c6c7c8c9c%10c%11c(c%12c%13c4c4c6c6c%14c7c7c8c8c%10c%10c%15c%11c%11c%12c%12c%13c%13c4c4c6c6c%14c%14c7c7c8c%10c8c%10c%15c%11c%11c%12c%12c%13c4c4c6c6c%14c7c8c7c%10c%11c%12c4c67)C935)ccc2c1)c1ccc(-c2c3nc(c(-c4ccccc4)c4ccc([nH]4)c(-c4ccccc4)c4nc(c(-c5ccccc5)c5ccc2[nH]5)C=C4)C=C3)cc1. The molecule has 5 heterocycles. The van der Waals surface area contributed by atoms with Crippen LogP contribution in [0.25, 0.3) is 393 Å². The predicted molar refractivity (Wildman–Crippen MR) is 513 cm³/mol. The van der Waals surface area contributed by atoms with Crippen LogP contribution < -0.4 is 9.47 Å². The Morgan fingerprint density at radius 3 is 0.712 bits per heavy atom. The number of carbonyl (C=O) groups excluding carboxylic acids is 2. The van der Waals surface area contributed by atoms with Gasteiger partial charge in [-0.2, -0.15) is 0 Å². The van der Waals surface area contributed by atoms with Crippen LogP contribution in [0.2, 0.25) is 0 Å². The lowest BCUT2D eigenvalue weighted by Gasteiger charge is -2.32. The Bertz CT molecular complexity index is 11100. The van der Waals surface area contributed by atoms with Gasteiger partial charge in [-0.05, 0) is 431 Å². The molecule has 34 aromatic carbocycles. The van der Waals surface area contributed by atoms with Crippen molar-refractivity contribution in [2.24, 2.45) is 5.92 Å².